The molecular formula is C13H20N6O. The molecule has 0 spiro atoms. The third-order valence-electron chi connectivity index (χ3n) is 2.74. The molecule has 0 aliphatic heterocycles. The number of carbonyl (C=O) groups excluding carboxylic acids is 1. The van der Waals surface area contributed by atoms with Crippen LogP contribution in [0.2, 0.25) is 0 Å². The average Bonchev–Trinajstić information content (AvgIpc) is 2.79. The first kappa shape index (κ1) is 14.2. The van der Waals surface area contributed by atoms with E-state index < -0.39 is 0 Å². The molecule has 1 amide bonds. The Morgan fingerprint density at radius 3 is 2.70 bits per heavy atom. The quantitative estimate of drug-likeness (QED) is 0.869. The fraction of sp³-hybridized carbons (Fsp3) is 0.538. The predicted molar refractivity (Wildman–Crippen MR) is 76.7 cm³/mol. The molecular weight excluding hydrogens is 256 g/mol. The number of carbonyl (C=O) groups is 1. The first-order valence-electron chi connectivity index (χ1n) is 6.65. The Labute approximate surface area is 117 Å². The monoisotopic (exact) mass is 276 g/mol. The van der Waals surface area contributed by atoms with Crippen LogP contribution in [0.1, 0.15) is 33.5 Å². The van der Waals surface area contributed by atoms with Gasteiger partial charge in [-0.05, 0) is 19.1 Å². The van der Waals surface area contributed by atoms with Crippen LogP contribution < -0.4 is 10.6 Å². The van der Waals surface area contributed by atoms with E-state index in [1.165, 1.54) is 0 Å². The number of nitrogens with zero attached hydrogens (tertiary/aromatic N) is 4. The number of hydrogen-bond acceptors (Lipinski definition) is 5. The van der Waals surface area contributed by atoms with Gasteiger partial charge in [0.05, 0.1) is 6.54 Å². The summed E-state index contributed by atoms with van der Waals surface area (Å²) in [5.41, 5.74) is 0.545. The summed E-state index contributed by atoms with van der Waals surface area (Å²) in [6, 6.07) is 3.62. The van der Waals surface area contributed by atoms with Crippen LogP contribution in [-0.4, -0.2) is 38.8 Å². The zero-order chi connectivity index (χ0) is 14.8. The van der Waals surface area contributed by atoms with E-state index in [9.17, 15) is 4.79 Å². The van der Waals surface area contributed by atoms with E-state index in [4.69, 9.17) is 0 Å². The van der Waals surface area contributed by atoms with Crippen LogP contribution >= 0.6 is 0 Å². The van der Waals surface area contributed by atoms with Crippen molar-refractivity contribution in [2.24, 2.45) is 0 Å². The van der Waals surface area contributed by atoms with Gasteiger partial charge in [-0.15, -0.1) is 15.3 Å². The Bertz CT molecular complexity index is 613. The molecule has 0 bridgehead atoms. The number of rotatable bonds is 4. The molecule has 108 valence electrons. The molecule has 2 rings (SSSR count). The lowest BCUT2D eigenvalue weighted by Gasteiger charge is -2.15. The number of likely N-dealkylation sites (N-methyl/N-ethyl adjacent to an activating group) is 1. The molecule has 7 nitrogen and oxygen atoms in total. The number of amides is 1. The van der Waals surface area contributed by atoms with Crippen LogP contribution in [0.25, 0.3) is 5.65 Å². The van der Waals surface area contributed by atoms with Gasteiger partial charge in [0.15, 0.2) is 11.5 Å². The highest BCUT2D eigenvalue weighted by Gasteiger charge is 2.21. The standard InChI is InChI=1S/C13H20N6O/c1-5-14-11(20)8-15-9-6-7-10-16-17-12(13(2,3)4)19(10)18-9/h6-7H,5,8H2,1-4H3,(H,14,20)(H,15,18). The molecule has 0 atom stereocenters. The van der Waals surface area contributed by atoms with Crippen molar-refractivity contribution >= 4 is 17.4 Å². The van der Waals surface area contributed by atoms with Crippen LogP contribution in [0.4, 0.5) is 5.82 Å². The van der Waals surface area contributed by atoms with Crippen molar-refractivity contribution in [3.05, 3.63) is 18.0 Å². The first-order chi connectivity index (χ1) is 9.41. The van der Waals surface area contributed by atoms with Gasteiger partial charge in [0.25, 0.3) is 0 Å². The molecule has 2 heterocycles. The molecule has 7 heteroatoms. The number of nitrogens with one attached hydrogen (secondary N) is 2. The molecule has 20 heavy (non-hydrogen) atoms. The number of hydrogen-bond donors (Lipinski definition) is 2. The SMILES string of the molecule is CCNC(=O)CNc1ccc2nnc(C(C)(C)C)n2n1. The zero-order valence-corrected chi connectivity index (χ0v) is 12.3. The van der Waals surface area contributed by atoms with Crippen LogP contribution in [0.3, 0.4) is 0 Å². The van der Waals surface area contributed by atoms with Gasteiger partial charge in [-0.2, -0.15) is 4.52 Å². The number of anilines is 1. The van der Waals surface area contributed by atoms with E-state index in [0.29, 0.717) is 18.0 Å². The summed E-state index contributed by atoms with van der Waals surface area (Å²) in [4.78, 5) is 11.4. The fourth-order valence-electron chi connectivity index (χ4n) is 1.78. The molecule has 2 aromatic rings. The van der Waals surface area contributed by atoms with Gasteiger partial charge in [0.2, 0.25) is 5.91 Å². The molecule has 0 unspecified atom stereocenters. The van der Waals surface area contributed by atoms with Gasteiger partial charge in [0, 0.05) is 12.0 Å². The van der Waals surface area contributed by atoms with Crippen molar-refractivity contribution < 1.29 is 4.79 Å². The molecule has 0 aromatic carbocycles. The van der Waals surface area contributed by atoms with Crippen LogP contribution in [0.15, 0.2) is 12.1 Å². The summed E-state index contributed by atoms with van der Waals surface area (Å²) in [6.45, 7) is 8.86. The van der Waals surface area contributed by atoms with Gasteiger partial charge in [-0.25, -0.2) is 0 Å². The topological polar surface area (TPSA) is 84.2 Å². The molecule has 0 aliphatic rings. The van der Waals surface area contributed by atoms with Gasteiger partial charge < -0.3 is 10.6 Å². The summed E-state index contributed by atoms with van der Waals surface area (Å²) >= 11 is 0. The number of fused-ring (bicyclic) bond motifs is 1. The normalized spacial score (nSPS) is 11.6. The Morgan fingerprint density at radius 1 is 1.30 bits per heavy atom. The smallest absolute Gasteiger partial charge is 0.239 e. The molecule has 2 aromatic heterocycles. The van der Waals surface area contributed by atoms with E-state index in [2.05, 4.69) is 46.7 Å². The maximum absolute atomic E-state index is 11.4. The summed E-state index contributed by atoms with van der Waals surface area (Å²) in [5.74, 6) is 1.34. The van der Waals surface area contributed by atoms with Crippen LogP contribution in [-0.2, 0) is 10.2 Å². The van der Waals surface area contributed by atoms with Gasteiger partial charge in [-0.1, -0.05) is 20.8 Å². The Balaban J connectivity index is 2.22. The molecule has 0 fully saturated rings. The highest BCUT2D eigenvalue weighted by Crippen LogP contribution is 2.20. The van der Waals surface area contributed by atoms with Crippen molar-refractivity contribution in [3.8, 4) is 0 Å². The fourth-order valence-corrected chi connectivity index (χ4v) is 1.78. The Kier molecular flexibility index (Phi) is 3.87. The van der Waals surface area contributed by atoms with Gasteiger partial charge in [0.1, 0.15) is 5.82 Å². The molecule has 0 aliphatic carbocycles. The van der Waals surface area contributed by atoms with Crippen LogP contribution in [0, 0.1) is 0 Å². The van der Waals surface area contributed by atoms with Crippen molar-refractivity contribution in [2.75, 3.05) is 18.4 Å². The second kappa shape index (κ2) is 5.44. The number of aromatic nitrogens is 4. The van der Waals surface area contributed by atoms with E-state index in [-0.39, 0.29) is 17.9 Å². The minimum Gasteiger partial charge on any atom is -0.360 e. The second-order valence-electron chi connectivity index (χ2n) is 5.57. The molecule has 0 saturated heterocycles. The molecule has 0 saturated carbocycles. The molecule has 2 N–H and O–H groups in total. The second-order valence-corrected chi connectivity index (χ2v) is 5.57. The lowest BCUT2D eigenvalue weighted by Crippen LogP contribution is -2.29. The summed E-state index contributed by atoms with van der Waals surface area (Å²) < 4.78 is 1.71. The van der Waals surface area contributed by atoms with Gasteiger partial charge >= 0.3 is 0 Å². The molecule has 0 radical (unpaired) electrons. The largest absolute Gasteiger partial charge is 0.360 e. The lowest BCUT2D eigenvalue weighted by molar-refractivity contribution is -0.119. The summed E-state index contributed by atoms with van der Waals surface area (Å²) in [6.07, 6.45) is 0. The maximum Gasteiger partial charge on any atom is 0.239 e. The third-order valence-corrected chi connectivity index (χ3v) is 2.74. The van der Waals surface area contributed by atoms with E-state index in [1.54, 1.807) is 10.6 Å². The average molecular weight is 276 g/mol. The lowest BCUT2D eigenvalue weighted by atomic mass is 9.96. The van der Waals surface area contributed by atoms with Crippen molar-refractivity contribution in [3.63, 3.8) is 0 Å². The summed E-state index contributed by atoms with van der Waals surface area (Å²) in [7, 11) is 0. The Hall–Kier alpha value is -2.18. The minimum absolute atomic E-state index is 0.0609. The van der Waals surface area contributed by atoms with E-state index >= 15 is 0 Å². The third kappa shape index (κ3) is 3.04. The highest BCUT2D eigenvalue weighted by molar-refractivity contribution is 5.80. The zero-order valence-electron chi connectivity index (χ0n) is 12.3. The van der Waals surface area contributed by atoms with Gasteiger partial charge in [-0.3, -0.25) is 4.79 Å². The Morgan fingerprint density at radius 2 is 2.05 bits per heavy atom. The van der Waals surface area contributed by atoms with Crippen molar-refractivity contribution in [2.45, 2.75) is 33.1 Å². The van der Waals surface area contributed by atoms with E-state index in [1.807, 2.05) is 13.0 Å². The summed E-state index contributed by atoms with van der Waals surface area (Å²) in [5, 5.41) is 18.4. The van der Waals surface area contributed by atoms with Crippen molar-refractivity contribution in [1.29, 1.82) is 0 Å². The highest BCUT2D eigenvalue weighted by atomic mass is 16.1. The van der Waals surface area contributed by atoms with E-state index in [0.717, 1.165) is 5.82 Å². The maximum atomic E-state index is 11.4. The first-order valence-corrected chi connectivity index (χ1v) is 6.65. The van der Waals surface area contributed by atoms with Crippen molar-refractivity contribution in [1.82, 2.24) is 25.1 Å². The minimum atomic E-state index is -0.148. The predicted octanol–water partition coefficient (Wildman–Crippen LogP) is 0.970. The van der Waals surface area contributed by atoms with Crippen LogP contribution in [0.5, 0.6) is 0 Å².